The first-order chi connectivity index (χ1) is 7.15. The molecule has 0 fully saturated rings. The van der Waals surface area contributed by atoms with Gasteiger partial charge in [0.25, 0.3) is 0 Å². The molecule has 0 atom stereocenters. The Morgan fingerprint density at radius 3 is 1.94 bits per heavy atom. The van der Waals surface area contributed by atoms with Crippen molar-refractivity contribution in [2.24, 2.45) is 0 Å². The number of hydrogen-bond acceptors (Lipinski definition) is 0. The molecule has 0 aliphatic carbocycles. The van der Waals surface area contributed by atoms with Crippen LogP contribution in [0.3, 0.4) is 0 Å². The number of allylic oxidation sites excluding steroid dienone is 1. The molecule has 0 N–H and O–H groups in total. The van der Waals surface area contributed by atoms with E-state index < -0.39 is 0 Å². The largest absolute Gasteiger partial charge is 0.0993 e. The fourth-order valence-corrected chi connectivity index (χ4v) is 1.62. The average molecular weight is 216 g/mol. The van der Waals surface area contributed by atoms with Crippen molar-refractivity contribution < 1.29 is 0 Å². The molecule has 88 valence electrons. The maximum absolute atomic E-state index is 4.10. The van der Waals surface area contributed by atoms with Gasteiger partial charge in [-0.1, -0.05) is 71.0 Å². The van der Waals surface area contributed by atoms with Gasteiger partial charge in [-0.05, 0) is 23.5 Å². The highest BCUT2D eigenvalue weighted by Crippen LogP contribution is 2.32. The van der Waals surface area contributed by atoms with Gasteiger partial charge in [0.15, 0.2) is 0 Å². The van der Waals surface area contributed by atoms with Crippen LogP contribution in [0.2, 0.25) is 0 Å². The predicted molar refractivity (Wildman–Crippen MR) is 73.0 cm³/mol. The molecular formula is C16H24. The molecule has 16 heavy (non-hydrogen) atoms. The summed E-state index contributed by atoms with van der Waals surface area (Å²) >= 11 is 0. The van der Waals surface area contributed by atoms with Crippen molar-refractivity contribution in [3.8, 4) is 0 Å². The second kappa shape index (κ2) is 4.08. The van der Waals surface area contributed by atoms with E-state index in [0.717, 1.165) is 0 Å². The molecule has 0 aromatic heterocycles. The van der Waals surface area contributed by atoms with E-state index in [1.807, 2.05) is 0 Å². The van der Waals surface area contributed by atoms with Crippen LogP contribution in [-0.2, 0) is 10.8 Å². The van der Waals surface area contributed by atoms with Crippen LogP contribution in [0.4, 0.5) is 0 Å². The van der Waals surface area contributed by atoms with Gasteiger partial charge in [0, 0.05) is 5.41 Å². The first-order valence-corrected chi connectivity index (χ1v) is 5.92. The van der Waals surface area contributed by atoms with Crippen molar-refractivity contribution in [3.05, 3.63) is 47.5 Å². The lowest BCUT2D eigenvalue weighted by Crippen LogP contribution is -2.20. The maximum Gasteiger partial charge on any atom is 0.00997 e. The summed E-state index contributed by atoms with van der Waals surface area (Å²) in [6.07, 6.45) is 0. The number of rotatable bonds is 2. The number of hydrogen-bond donors (Lipinski definition) is 0. The Labute approximate surface area is 100 Å². The maximum atomic E-state index is 4.10. The molecule has 1 aromatic carbocycles. The predicted octanol–water partition coefficient (Wildman–Crippen LogP) is 4.84. The van der Waals surface area contributed by atoms with Crippen LogP contribution in [0.5, 0.6) is 0 Å². The summed E-state index contributed by atoms with van der Waals surface area (Å²) in [5.74, 6) is 0. The van der Waals surface area contributed by atoms with Gasteiger partial charge in [0.05, 0.1) is 0 Å². The van der Waals surface area contributed by atoms with Crippen LogP contribution < -0.4 is 0 Å². The third kappa shape index (κ3) is 2.55. The molecule has 0 nitrogen and oxygen atoms in total. The molecule has 1 rings (SSSR count). The van der Waals surface area contributed by atoms with Crippen LogP contribution >= 0.6 is 0 Å². The molecular weight excluding hydrogens is 192 g/mol. The topological polar surface area (TPSA) is 0 Å². The first-order valence-electron chi connectivity index (χ1n) is 5.92. The Morgan fingerprint density at radius 2 is 1.50 bits per heavy atom. The van der Waals surface area contributed by atoms with E-state index >= 15 is 0 Å². The van der Waals surface area contributed by atoms with E-state index in [2.05, 4.69) is 72.4 Å². The van der Waals surface area contributed by atoms with Crippen molar-refractivity contribution in [3.63, 3.8) is 0 Å². The average Bonchev–Trinajstić information content (AvgIpc) is 2.16. The van der Waals surface area contributed by atoms with Crippen LogP contribution in [0, 0.1) is 0 Å². The molecule has 0 spiro atoms. The molecule has 0 saturated carbocycles. The normalized spacial score (nSPS) is 12.6. The van der Waals surface area contributed by atoms with Gasteiger partial charge in [0.1, 0.15) is 0 Å². The minimum Gasteiger partial charge on any atom is -0.0993 e. The molecule has 0 aliphatic rings. The summed E-state index contributed by atoms with van der Waals surface area (Å²) in [5, 5.41) is 0. The molecule has 0 amide bonds. The Hall–Kier alpha value is -1.04. The molecule has 0 radical (unpaired) electrons. The molecule has 0 unspecified atom stereocenters. The van der Waals surface area contributed by atoms with Crippen molar-refractivity contribution in [2.75, 3.05) is 0 Å². The third-order valence-electron chi connectivity index (χ3n) is 3.52. The van der Waals surface area contributed by atoms with Crippen LogP contribution in [0.15, 0.2) is 36.4 Å². The number of benzene rings is 1. The fourth-order valence-electron chi connectivity index (χ4n) is 1.62. The quantitative estimate of drug-likeness (QED) is 0.621. The van der Waals surface area contributed by atoms with E-state index in [9.17, 15) is 0 Å². The molecule has 0 heterocycles. The Kier molecular flexibility index (Phi) is 3.33. The monoisotopic (exact) mass is 216 g/mol. The Bertz CT molecular complexity index is 389. The van der Waals surface area contributed by atoms with Gasteiger partial charge in [0.2, 0.25) is 0 Å². The van der Waals surface area contributed by atoms with Crippen molar-refractivity contribution in [1.82, 2.24) is 0 Å². The zero-order valence-electron chi connectivity index (χ0n) is 11.5. The minimum atomic E-state index is 0.0568. The summed E-state index contributed by atoms with van der Waals surface area (Å²) < 4.78 is 0. The van der Waals surface area contributed by atoms with Crippen molar-refractivity contribution in [2.45, 2.75) is 52.4 Å². The van der Waals surface area contributed by atoms with Crippen molar-refractivity contribution in [1.29, 1.82) is 0 Å². The third-order valence-corrected chi connectivity index (χ3v) is 3.52. The Morgan fingerprint density at radius 1 is 1.00 bits per heavy atom. The summed E-state index contributed by atoms with van der Waals surface area (Å²) in [4.78, 5) is 0. The zero-order valence-corrected chi connectivity index (χ0v) is 11.5. The Balaban J connectivity index is 3.23. The second-order valence-corrected chi connectivity index (χ2v) is 6.24. The van der Waals surface area contributed by atoms with Gasteiger partial charge >= 0.3 is 0 Å². The van der Waals surface area contributed by atoms with Gasteiger partial charge < -0.3 is 0 Å². The van der Waals surface area contributed by atoms with E-state index in [1.165, 1.54) is 16.7 Å². The molecule has 0 aliphatic heterocycles. The molecule has 0 bridgehead atoms. The summed E-state index contributed by atoms with van der Waals surface area (Å²) in [6.45, 7) is 17.4. The van der Waals surface area contributed by atoms with Gasteiger partial charge in [-0.2, -0.15) is 0 Å². The van der Waals surface area contributed by atoms with E-state index in [-0.39, 0.29) is 10.8 Å². The first kappa shape index (κ1) is 13.0. The van der Waals surface area contributed by atoms with Gasteiger partial charge in [-0.25, -0.2) is 0 Å². The summed E-state index contributed by atoms with van der Waals surface area (Å²) in [5.41, 5.74) is 4.22. The zero-order chi connectivity index (χ0) is 12.6. The lowest BCUT2D eigenvalue weighted by Gasteiger charge is -2.28. The van der Waals surface area contributed by atoms with E-state index in [0.29, 0.717) is 0 Å². The SMILES string of the molecule is C=C(C)C(C)(C)c1cccc(C(C)(C)C)c1. The molecule has 0 heteroatoms. The van der Waals surface area contributed by atoms with Crippen LogP contribution in [0.1, 0.15) is 52.7 Å². The highest BCUT2D eigenvalue weighted by Gasteiger charge is 2.23. The van der Waals surface area contributed by atoms with Crippen molar-refractivity contribution >= 4 is 0 Å². The van der Waals surface area contributed by atoms with Gasteiger partial charge in [-0.15, -0.1) is 0 Å². The molecule has 1 aromatic rings. The van der Waals surface area contributed by atoms with E-state index in [4.69, 9.17) is 0 Å². The molecule has 0 saturated heterocycles. The highest BCUT2D eigenvalue weighted by atomic mass is 14.3. The lowest BCUT2D eigenvalue weighted by molar-refractivity contribution is 0.580. The summed E-state index contributed by atoms with van der Waals surface area (Å²) in [6, 6.07) is 8.87. The van der Waals surface area contributed by atoms with E-state index in [1.54, 1.807) is 0 Å². The fraction of sp³-hybridized carbons (Fsp3) is 0.500. The van der Waals surface area contributed by atoms with Gasteiger partial charge in [-0.3, -0.25) is 0 Å². The lowest BCUT2D eigenvalue weighted by atomic mass is 9.76. The van der Waals surface area contributed by atoms with Crippen LogP contribution in [-0.4, -0.2) is 0 Å². The highest BCUT2D eigenvalue weighted by molar-refractivity contribution is 5.37. The second-order valence-electron chi connectivity index (χ2n) is 6.24. The standard InChI is InChI=1S/C16H24/c1-12(2)16(6,7)14-10-8-9-13(11-14)15(3,4)5/h8-11H,1H2,2-7H3. The smallest absolute Gasteiger partial charge is 0.00997 e. The minimum absolute atomic E-state index is 0.0568. The summed E-state index contributed by atoms with van der Waals surface area (Å²) in [7, 11) is 0. The van der Waals surface area contributed by atoms with Crippen LogP contribution in [0.25, 0.3) is 0 Å².